The number of hydrogen-bond acceptors (Lipinski definition) is 2. The standard InChI is InChI=1S/C18H12F3NOS/c19-18(20,21)15-14(11-5-2-1-3-6-11)10-24-16(15)12-7-4-8-13(9-12)17(22)23/h1-10H,(H2,22,23). The molecule has 0 spiro atoms. The lowest BCUT2D eigenvalue weighted by molar-refractivity contribution is -0.136. The third-order valence-electron chi connectivity index (χ3n) is 3.57. The van der Waals surface area contributed by atoms with Gasteiger partial charge >= 0.3 is 6.18 Å². The van der Waals surface area contributed by atoms with E-state index in [1.807, 2.05) is 0 Å². The molecule has 1 amide bonds. The molecule has 0 saturated heterocycles. The molecule has 2 aromatic carbocycles. The molecule has 0 radical (unpaired) electrons. The molecule has 0 saturated carbocycles. The average Bonchev–Trinajstić information content (AvgIpc) is 3.01. The van der Waals surface area contributed by atoms with Crippen molar-refractivity contribution in [3.05, 3.63) is 71.1 Å². The summed E-state index contributed by atoms with van der Waals surface area (Å²) >= 11 is 0.999. The Morgan fingerprint density at radius 1 is 0.958 bits per heavy atom. The number of benzene rings is 2. The van der Waals surface area contributed by atoms with E-state index in [9.17, 15) is 18.0 Å². The molecule has 0 aliphatic heterocycles. The number of hydrogen-bond donors (Lipinski definition) is 1. The van der Waals surface area contributed by atoms with E-state index in [0.29, 0.717) is 11.1 Å². The summed E-state index contributed by atoms with van der Waals surface area (Å²) in [5.74, 6) is -0.676. The van der Waals surface area contributed by atoms with Gasteiger partial charge < -0.3 is 5.73 Å². The minimum atomic E-state index is -4.51. The predicted molar refractivity (Wildman–Crippen MR) is 88.7 cm³/mol. The third-order valence-corrected chi connectivity index (χ3v) is 4.60. The largest absolute Gasteiger partial charge is 0.418 e. The summed E-state index contributed by atoms with van der Waals surface area (Å²) in [4.78, 5) is 11.4. The average molecular weight is 347 g/mol. The van der Waals surface area contributed by atoms with Crippen molar-refractivity contribution in [3.63, 3.8) is 0 Å². The number of thiophene rings is 1. The summed E-state index contributed by atoms with van der Waals surface area (Å²) in [5.41, 5.74) is 5.66. The molecular weight excluding hydrogens is 335 g/mol. The molecule has 1 aromatic heterocycles. The van der Waals surface area contributed by atoms with Gasteiger partial charge in [0.05, 0.1) is 5.56 Å². The maximum atomic E-state index is 13.7. The Bertz CT molecular complexity index is 885. The van der Waals surface area contributed by atoms with Gasteiger partial charge in [0, 0.05) is 16.0 Å². The Labute approximate surface area is 140 Å². The predicted octanol–water partition coefficient (Wildman–Crippen LogP) is 5.20. The highest BCUT2D eigenvalue weighted by molar-refractivity contribution is 7.14. The van der Waals surface area contributed by atoms with E-state index in [2.05, 4.69) is 0 Å². The van der Waals surface area contributed by atoms with E-state index >= 15 is 0 Å². The first-order valence-electron chi connectivity index (χ1n) is 7.02. The monoisotopic (exact) mass is 347 g/mol. The Kier molecular flexibility index (Phi) is 4.15. The molecule has 1 heterocycles. The molecule has 0 bridgehead atoms. The van der Waals surface area contributed by atoms with Crippen LogP contribution in [0, 0.1) is 0 Å². The fraction of sp³-hybridized carbons (Fsp3) is 0.0556. The number of rotatable bonds is 3. The van der Waals surface area contributed by atoms with Crippen LogP contribution in [0.2, 0.25) is 0 Å². The zero-order valence-electron chi connectivity index (χ0n) is 12.3. The van der Waals surface area contributed by atoms with Crippen LogP contribution < -0.4 is 5.73 Å². The Morgan fingerprint density at radius 3 is 2.25 bits per heavy atom. The highest BCUT2D eigenvalue weighted by Crippen LogP contribution is 2.47. The van der Waals surface area contributed by atoms with E-state index in [4.69, 9.17) is 5.73 Å². The van der Waals surface area contributed by atoms with Crippen LogP contribution >= 0.6 is 11.3 Å². The Hall–Kier alpha value is -2.60. The third kappa shape index (κ3) is 3.05. The van der Waals surface area contributed by atoms with Crippen LogP contribution in [-0.4, -0.2) is 5.91 Å². The molecule has 0 fully saturated rings. The number of amides is 1. The zero-order chi connectivity index (χ0) is 17.3. The maximum absolute atomic E-state index is 13.7. The number of alkyl halides is 3. The minimum absolute atomic E-state index is 0.0736. The van der Waals surface area contributed by atoms with E-state index < -0.39 is 17.6 Å². The van der Waals surface area contributed by atoms with Gasteiger partial charge in [0.2, 0.25) is 5.91 Å². The number of halogens is 3. The summed E-state index contributed by atoms with van der Waals surface area (Å²) in [6.07, 6.45) is -4.51. The number of nitrogens with two attached hydrogens (primary N) is 1. The van der Waals surface area contributed by atoms with Gasteiger partial charge in [-0.1, -0.05) is 42.5 Å². The van der Waals surface area contributed by atoms with Crippen molar-refractivity contribution in [2.24, 2.45) is 5.73 Å². The summed E-state index contributed by atoms with van der Waals surface area (Å²) in [6.45, 7) is 0. The van der Waals surface area contributed by atoms with E-state index in [1.54, 1.807) is 36.4 Å². The van der Waals surface area contributed by atoms with Crippen molar-refractivity contribution >= 4 is 17.2 Å². The zero-order valence-corrected chi connectivity index (χ0v) is 13.1. The highest BCUT2D eigenvalue weighted by atomic mass is 32.1. The summed E-state index contributed by atoms with van der Waals surface area (Å²) < 4.78 is 41.1. The molecule has 2 N–H and O–H groups in total. The van der Waals surface area contributed by atoms with Gasteiger partial charge in [-0.15, -0.1) is 11.3 Å². The van der Waals surface area contributed by atoms with Crippen LogP contribution in [0.5, 0.6) is 0 Å². The first-order valence-corrected chi connectivity index (χ1v) is 7.90. The molecule has 0 unspecified atom stereocenters. The van der Waals surface area contributed by atoms with Crippen LogP contribution in [0.1, 0.15) is 15.9 Å². The van der Waals surface area contributed by atoms with E-state index in [0.717, 1.165) is 11.3 Å². The first-order chi connectivity index (χ1) is 11.4. The van der Waals surface area contributed by atoms with Crippen LogP contribution in [0.4, 0.5) is 13.2 Å². The second-order valence-corrected chi connectivity index (χ2v) is 6.04. The molecule has 122 valence electrons. The van der Waals surface area contributed by atoms with Crippen LogP contribution in [-0.2, 0) is 6.18 Å². The first kappa shape index (κ1) is 16.3. The Morgan fingerprint density at radius 2 is 1.62 bits per heavy atom. The topological polar surface area (TPSA) is 43.1 Å². The molecular formula is C18H12F3NOS. The fourth-order valence-corrected chi connectivity index (χ4v) is 3.59. The highest BCUT2D eigenvalue weighted by Gasteiger charge is 2.38. The van der Waals surface area contributed by atoms with Crippen molar-refractivity contribution in [1.82, 2.24) is 0 Å². The van der Waals surface area contributed by atoms with Gasteiger partial charge in [0.15, 0.2) is 0 Å². The van der Waals surface area contributed by atoms with Gasteiger partial charge in [-0.25, -0.2) is 0 Å². The number of carbonyl (C=O) groups excluding carboxylic acids is 1. The lowest BCUT2D eigenvalue weighted by Gasteiger charge is -2.12. The summed E-state index contributed by atoms with van der Waals surface area (Å²) in [7, 11) is 0. The molecule has 0 aliphatic carbocycles. The van der Waals surface area contributed by atoms with Crippen LogP contribution in [0.25, 0.3) is 21.6 Å². The van der Waals surface area contributed by atoms with E-state index in [1.165, 1.54) is 23.6 Å². The lowest BCUT2D eigenvalue weighted by Crippen LogP contribution is -2.11. The van der Waals surface area contributed by atoms with Gasteiger partial charge in [0.1, 0.15) is 0 Å². The van der Waals surface area contributed by atoms with Gasteiger partial charge in [0.25, 0.3) is 0 Å². The van der Waals surface area contributed by atoms with Gasteiger partial charge in [-0.2, -0.15) is 13.2 Å². The summed E-state index contributed by atoms with van der Waals surface area (Å²) in [5, 5.41) is 1.49. The van der Waals surface area contributed by atoms with Crippen molar-refractivity contribution in [2.75, 3.05) is 0 Å². The Balaban J connectivity index is 2.21. The van der Waals surface area contributed by atoms with Crippen molar-refractivity contribution in [3.8, 4) is 21.6 Å². The van der Waals surface area contributed by atoms with Crippen molar-refractivity contribution in [1.29, 1.82) is 0 Å². The molecule has 3 rings (SSSR count). The van der Waals surface area contributed by atoms with Crippen LogP contribution in [0.3, 0.4) is 0 Å². The SMILES string of the molecule is NC(=O)c1cccc(-c2scc(-c3ccccc3)c2C(F)(F)F)c1. The molecule has 0 atom stereocenters. The van der Waals surface area contributed by atoms with Gasteiger partial charge in [-0.3, -0.25) is 4.79 Å². The van der Waals surface area contributed by atoms with E-state index in [-0.39, 0.29) is 16.0 Å². The second kappa shape index (κ2) is 6.13. The quantitative estimate of drug-likeness (QED) is 0.695. The van der Waals surface area contributed by atoms with Crippen molar-refractivity contribution < 1.29 is 18.0 Å². The molecule has 24 heavy (non-hydrogen) atoms. The maximum Gasteiger partial charge on any atom is 0.418 e. The molecule has 3 aromatic rings. The van der Waals surface area contributed by atoms with Crippen molar-refractivity contribution in [2.45, 2.75) is 6.18 Å². The second-order valence-electron chi connectivity index (χ2n) is 5.16. The minimum Gasteiger partial charge on any atom is -0.366 e. The molecule has 6 heteroatoms. The lowest BCUT2D eigenvalue weighted by atomic mass is 9.99. The molecule has 0 aliphatic rings. The van der Waals surface area contributed by atoms with Crippen LogP contribution in [0.15, 0.2) is 60.0 Å². The van der Waals surface area contributed by atoms with Gasteiger partial charge in [-0.05, 0) is 28.6 Å². The fourth-order valence-electron chi connectivity index (χ4n) is 2.50. The molecule has 2 nitrogen and oxygen atoms in total. The number of primary amides is 1. The normalized spacial score (nSPS) is 11.5. The number of carbonyl (C=O) groups is 1. The smallest absolute Gasteiger partial charge is 0.366 e. The summed E-state index contributed by atoms with van der Waals surface area (Å²) in [6, 6.07) is 14.4.